The standard InChI is InChI=1S/C16H29N3O3S.HI/c20-23(21)9-7-13(12-23)10-17-16(19-14-4-1-2-5-14)18-11-15-6-3-8-22-15;/h13-15H,1-12H2,(H2,17,18,19);1H. The Morgan fingerprint density at radius 1 is 1.12 bits per heavy atom. The molecule has 3 rings (SSSR count). The van der Waals surface area contributed by atoms with Gasteiger partial charge in [0.2, 0.25) is 0 Å². The summed E-state index contributed by atoms with van der Waals surface area (Å²) in [7, 11) is -2.82. The number of aliphatic imine (C=N–C) groups is 1. The van der Waals surface area contributed by atoms with Gasteiger partial charge in [0.15, 0.2) is 15.8 Å². The van der Waals surface area contributed by atoms with E-state index < -0.39 is 9.84 Å². The highest BCUT2D eigenvalue weighted by Gasteiger charge is 2.28. The number of guanidine groups is 1. The van der Waals surface area contributed by atoms with Crippen molar-refractivity contribution < 1.29 is 13.2 Å². The van der Waals surface area contributed by atoms with Crippen molar-refractivity contribution in [2.45, 2.75) is 57.1 Å². The van der Waals surface area contributed by atoms with Crippen molar-refractivity contribution >= 4 is 39.8 Å². The van der Waals surface area contributed by atoms with Gasteiger partial charge in [-0.15, -0.1) is 24.0 Å². The average molecular weight is 471 g/mol. The van der Waals surface area contributed by atoms with Crippen LogP contribution in [0.1, 0.15) is 44.9 Å². The van der Waals surface area contributed by atoms with Crippen LogP contribution < -0.4 is 10.6 Å². The number of rotatable bonds is 5. The van der Waals surface area contributed by atoms with E-state index in [2.05, 4.69) is 15.6 Å². The number of halogens is 1. The lowest BCUT2D eigenvalue weighted by Crippen LogP contribution is -2.45. The number of hydrogen-bond acceptors (Lipinski definition) is 4. The molecule has 8 heteroatoms. The van der Waals surface area contributed by atoms with Crippen LogP contribution in [0, 0.1) is 5.92 Å². The van der Waals surface area contributed by atoms with Gasteiger partial charge in [0.05, 0.1) is 17.6 Å². The molecule has 140 valence electrons. The van der Waals surface area contributed by atoms with Crippen LogP contribution in [0.5, 0.6) is 0 Å². The lowest BCUT2D eigenvalue weighted by atomic mass is 10.1. The first-order chi connectivity index (χ1) is 11.1. The third kappa shape index (κ3) is 6.33. The Morgan fingerprint density at radius 3 is 2.54 bits per heavy atom. The highest BCUT2D eigenvalue weighted by atomic mass is 127. The average Bonchev–Trinajstić information content (AvgIpc) is 3.24. The smallest absolute Gasteiger partial charge is 0.191 e. The van der Waals surface area contributed by atoms with E-state index >= 15 is 0 Å². The van der Waals surface area contributed by atoms with Crippen LogP contribution in [0.2, 0.25) is 0 Å². The zero-order valence-corrected chi connectivity index (χ0v) is 17.4. The van der Waals surface area contributed by atoms with Crippen LogP contribution in [0.3, 0.4) is 0 Å². The van der Waals surface area contributed by atoms with Crippen molar-refractivity contribution in [3.8, 4) is 0 Å². The van der Waals surface area contributed by atoms with Crippen LogP contribution in [-0.2, 0) is 14.6 Å². The van der Waals surface area contributed by atoms with Gasteiger partial charge in [-0.05, 0) is 38.0 Å². The molecular formula is C16H30IN3O3S. The highest BCUT2D eigenvalue weighted by molar-refractivity contribution is 14.0. The second-order valence-electron chi connectivity index (χ2n) is 7.10. The van der Waals surface area contributed by atoms with Gasteiger partial charge in [0, 0.05) is 25.7 Å². The van der Waals surface area contributed by atoms with Crippen molar-refractivity contribution in [2.24, 2.45) is 10.9 Å². The second-order valence-corrected chi connectivity index (χ2v) is 9.33. The maximum absolute atomic E-state index is 11.6. The fourth-order valence-electron chi connectivity index (χ4n) is 3.67. The molecule has 0 bridgehead atoms. The first-order valence-electron chi connectivity index (χ1n) is 8.97. The molecule has 3 fully saturated rings. The predicted octanol–water partition coefficient (Wildman–Crippen LogP) is 1.70. The van der Waals surface area contributed by atoms with Crippen LogP contribution >= 0.6 is 24.0 Å². The summed E-state index contributed by atoms with van der Waals surface area (Å²) in [6, 6.07) is 0.498. The minimum Gasteiger partial charge on any atom is -0.376 e. The maximum atomic E-state index is 11.6. The largest absolute Gasteiger partial charge is 0.376 e. The summed E-state index contributed by atoms with van der Waals surface area (Å²) in [6.45, 7) is 2.23. The lowest BCUT2D eigenvalue weighted by molar-refractivity contribution is 0.113. The molecule has 24 heavy (non-hydrogen) atoms. The van der Waals surface area contributed by atoms with E-state index in [-0.39, 0.29) is 36.0 Å². The summed E-state index contributed by atoms with van der Waals surface area (Å²) in [5, 5.41) is 6.92. The van der Waals surface area contributed by atoms with Crippen molar-refractivity contribution in [1.82, 2.24) is 10.6 Å². The van der Waals surface area contributed by atoms with Crippen molar-refractivity contribution in [1.29, 1.82) is 0 Å². The first kappa shape index (κ1) is 20.2. The number of hydrogen-bond donors (Lipinski definition) is 2. The molecular weight excluding hydrogens is 441 g/mol. The van der Waals surface area contributed by atoms with Crippen LogP contribution in [0.25, 0.3) is 0 Å². The summed E-state index contributed by atoms with van der Waals surface area (Å²) in [6.07, 6.45) is 8.19. The van der Waals surface area contributed by atoms with Gasteiger partial charge in [0.25, 0.3) is 0 Å². The molecule has 2 N–H and O–H groups in total. The molecule has 0 aromatic heterocycles. The zero-order valence-electron chi connectivity index (χ0n) is 14.2. The second kappa shape index (κ2) is 9.56. The van der Waals surface area contributed by atoms with E-state index in [1.807, 2.05) is 0 Å². The predicted molar refractivity (Wildman–Crippen MR) is 107 cm³/mol. The molecule has 2 saturated heterocycles. The van der Waals surface area contributed by atoms with Gasteiger partial charge in [-0.2, -0.15) is 0 Å². The van der Waals surface area contributed by atoms with Gasteiger partial charge in [-0.3, -0.25) is 4.99 Å². The molecule has 2 atom stereocenters. The van der Waals surface area contributed by atoms with Crippen LogP contribution in [-0.4, -0.2) is 57.7 Å². The molecule has 0 spiro atoms. The Labute approximate surface area is 162 Å². The molecule has 0 radical (unpaired) electrons. The Bertz CT molecular complexity index is 515. The van der Waals surface area contributed by atoms with Gasteiger partial charge in [-0.25, -0.2) is 8.42 Å². The third-order valence-electron chi connectivity index (χ3n) is 5.05. The minimum atomic E-state index is -2.82. The van der Waals surface area contributed by atoms with Crippen LogP contribution in [0.4, 0.5) is 0 Å². The fraction of sp³-hybridized carbons (Fsp3) is 0.938. The Hall–Kier alpha value is -0.0900. The summed E-state index contributed by atoms with van der Waals surface area (Å²) < 4.78 is 28.8. The molecule has 6 nitrogen and oxygen atoms in total. The molecule has 0 amide bonds. The first-order valence-corrected chi connectivity index (χ1v) is 10.8. The van der Waals surface area contributed by atoms with Crippen molar-refractivity contribution in [3.05, 3.63) is 0 Å². The van der Waals surface area contributed by atoms with E-state index in [9.17, 15) is 8.42 Å². The monoisotopic (exact) mass is 471 g/mol. The van der Waals surface area contributed by atoms with Gasteiger partial charge >= 0.3 is 0 Å². The number of nitrogens with one attached hydrogen (secondary N) is 2. The SMILES string of the molecule is I.O=S1(=O)CCC(CN=C(NCC2CCCO2)NC2CCCC2)C1. The fourth-order valence-corrected chi connectivity index (χ4v) is 5.52. The number of ether oxygens (including phenoxy) is 1. The lowest BCUT2D eigenvalue weighted by Gasteiger charge is -2.19. The molecule has 2 aliphatic heterocycles. The molecule has 0 aromatic carbocycles. The Kier molecular flexibility index (Phi) is 8.06. The minimum absolute atomic E-state index is 0. The third-order valence-corrected chi connectivity index (χ3v) is 6.89. The molecule has 3 aliphatic rings. The Morgan fingerprint density at radius 2 is 1.92 bits per heavy atom. The highest BCUT2D eigenvalue weighted by Crippen LogP contribution is 2.19. The number of sulfone groups is 1. The molecule has 1 aliphatic carbocycles. The summed E-state index contributed by atoms with van der Waals surface area (Å²) in [4.78, 5) is 4.67. The summed E-state index contributed by atoms with van der Waals surface area (Å²) in [5.41, 5.74) is 0. The van der Waals surface area contributed by atoms with E-state index in [0.29, 0.717) is 24.1 Å². The maximum Gasteiger partial charge on any atom is 0.191 e. The summed E-state index contributed by atoms with van der Waals surface area (Å²) in [5.74, 6) is 1.61. The van der Waals surface area contributed by atoms with Crippen LogP contribution in [0.15, 0.2) is 4.99 Å². The quantitative estimate of drug-likeness (QED) is 0.363. The van der Waals surface area contributed by atoms with E-state index in [0.717, 1.165) is 38.4 Å². The molecule has 2 unspecified atom stereocenters. The number of nitrogens with zero attached hydrogens (tertiary/aromatic N) is 1. The normalized spacial score (nSPS) is 30.2. The van der Waals surface area contributed by atoms with Crippen molar-refractivity contribution in [2.75, 3.05) is 31.2 Å². The topological polar surface area (TPSA) is 79.8 Å². The van der Waals surface area contributed by atoms with E-state index in [4.69, 9.17) is 4.74 Å². The van der Waals surface area contributed by atoms with Gasteiger partial charge in [-0.1, -0.05) is 12.8 Å². The van der Waals surface area contributed by atoms with E-state index in [1.54, 1.807) is 0 Å². The molecule has 1 saturated carbocycles. The Balaban J connectivity index is 0.00000208. The molecule has 2 heterocycles. The molecule has 0 aromatic rings. The van der Waals surface area contributed by atoms with E-state index in [1.165, 1.54) is 25.7 Å². The van der Waals surface area contributed by atoms with Gasteiger partial charge < -0.3 is 15.4 Å². The summed E-state index contributed by atoms with van der Waals surface area (Å²) >= 11 is 0. The zero-order chi connectivity index (χ0) is 16.1. The van der Waals surface area contributed by atoms with Gasteiger partial charge in [0.1, 0.15) is 0 Å². The van der Waals surface area contributed by atoms with Crippen molar-refractivity contribution in [3.63, 3.8) is 0 Å².